The van der Waals surface area contributed by atoms with Crippen molar-refractivity contribution in [3.63, 3.8) is 0 Å². The van der Waals surface area contributed by atoms with Gasteiger partial charge < -0.3 is 24.2 Å². The van der Waals surface area contributed by atoms with Crippen LogP contribution in [0.25, 0.3) is 0 Å². The Bertz CT molecular complexity index is 958. The molecule has 3 saturated heterocycles. The van der Waals surface area contributed by atoms with Gasteiger partial charge in [0.15, 0.2) is 5.79 Å². The lowest BCUT2D eigenvalue weighted by Crippen LogP contribution is -2.49. The van der Waals surface area contributed by atoms with Crippen molar-refractivity contribution in [3.8, 4) is 0 Å². The van der Waals surface area contributed by atoms with E-state index in [0.29, 0.717) is 52.2 Å². The van der Waals surface area contributed by atoms with Gasteiger partial charge in [-0.25, -0.2) is 0 Å². The number of rotatable bonds is 3. The highest BCUT2D eigenvalue weighted by atomic mass is 16.7. The first-order valence-corrected chi connectivity index (χ1v) is 11.8. The molecule has 1 atom stereocenters. The van der Waals surface area contributed by atoms with Crippen LogP contribution in [0.3, 0.4) is 0 Å². The second-order valence-corrected chi connectivity index (χ2v) is 9.67. The van der Waals surface area contributed by atoms with Crippen LogP contribution in [-0.2, 0) is 30.3 Å². The molecule has 0 bridgehead atoms. The molecule has 0 aromatic heterocycles. The lowest BCUT2D eigenvalue weighted by atomic mass is 10.0. The van der Waals surface area contributed by atoms with E-state index in [1.165, 1.54) is 0 Å². The molecule has 1 aliphatic carbocycles. The molecule has 0 radical (unpaired) electrons. The minimum atomic E-state index is -0.506. The fraction of sp³-hybridized carbons (Fsp3) is 0.625. The van der Waals surface area contributed by atoms with E-state index in [1.807, 2.05) is 28.0 Å². The number of ether oxygens (including phenoxy) is 2. The number of fused-ring (bicyclic) bond motifs is 1. The first-order chi connectivity index (χ1) is 15.5. The fourth-order valence-corrected chi connectivity index (χ4v) is 5.57. The Morgan fingerprint density at radius 3 is 2.44 bits per heavy atom. The number of nitrogens with zero attached hydrogens (tertiary/aromatic N) is 3. The van der Waals surface area contributed by atoms with Gasteiger partial charge in [0.25, 0.3) is 0 Å². The number of benzene rings is 1. The number of anilines is 2. The summed E-state index contributed by atoms with van der Waals surface area (Å²) in [6.45, 7) is 3.57. The van der Waals surface area contributed by atoms with Crippen LogP contribution in [0.15, 0.2) is 18.2 Å². The molecule has 32 heavy (non-hydrogen) atoms. The number of carbonyl (C=O) groups is 3. The van der Waals surface area contributed by atoms with Crippen molar-refractivity contribution in [1.82, 2.24) is 4.90 Å². The first-order valence-electron chi connectivity index (χ1n) is 11.8. The number of amides is 3. The van der Waals surface area contributed by atoms with E-state index in [2.05, 4.69) is 0 Å². The Hall–Kier alpha value is -2.45. The molecule has 1 saturated carbocycles. The lowest BCUT2D eigenvalue weighted by molar-refractivity contribution is -0.188. The molecule has 1 aromatic carbocycles. The van der Waals surface area contributed by atoms with Crippen molar-refractivity contribution in [2.75, 3.05) is 49.2 Å². The van der Waals surface area contributed by atoms with Gasteiger partial charge in [0, 0.05) is 62.7 Å². The van der Waals surface area contributed by atoms with Crippen LogP contribution in [0.1, 0.15) is 37.7 Å². The van der Waals surface area contributed by atoms with E-state index < -0.39 is 5.79 Å². The molecule has 0 unspecified atom stereocenters. The summed E-state index contributed by atoms with van der Waals surface area (Å²) in [5.41, 5.74) is 2.91. The van der Waals surface area contributed by atoms with Crippen LogP contribution in [-0.4, -0.2) is 67.8 Å². The highest BCUT2D eigenvalue weighted by molar-refractivity contribution is 6.02. The highest BCUT2D eigenvalue weighted by Gasteiger charge is 2.44. The van der Waals surface area contributed by atoms with E-state index in [4.69, 9.17) is 9.47 Å². The van der Waals surface area contributed by atoms with E-state index >= 15 is 0 Å². The van der Waals surface area contributed by atoms with Crippen molar-refractivity contribution < 1.29 is 23.9 Å². The maximum atomic E-state index is 13.1. The molecule has 6 rings (SSSR count). The summed E-state index contributed by atoms with van der Waals surface area (Å²) in [5, 5.41) is 0. The summed E-state index contributed by atoms with van der Waals surface area (Å²) in [4.78, 5) is 43.9. The molecule has 8 nitrogen and oxygen atoms in total. The zero-order valence-corrected chi connectivity index (χ0v) is 18.3. The maximum Gasteiger partial charge on any atom is 0.230 e. The molecule has 4 aliphatic heterocycles. The zero-order chi connectivity index (χ0) is 21.9. The van der Waals surface area contributed by atoms with Gasteiger partial charge >= 0.3 is 0 Å². The third kappa shape index (κ3) is 3.40. The average Bonchev–Trinajstić information content (AvgIpc) is 3.23. The third-order valence-corrected chi connectivity index (χ3v) is 7.59. The molecule has 5 aliphatic rings. The number of piperidine rings is 1. The number of likely N-dealkylation sites (tertiary alicyclic amines) is 1. The standard InChI is InChI=1S/C24H29N3O5/c28-21-14-18(22(29)25-9-6-24(7-10-25)31-11-12-32-24)15-27(21)19-3-4-20-17(13-19)5-8-26(20)23(30)16-1-2-16/h3-4,13,16,18H,1-2,5-12,14-15H2/t18-/m0/s1. The second-order valence-electron chi connectivity index (χ2n) is 9.67. The largest absolute Gasteiger partial charge is 0.347 e. The van der Waals surface area contributed by atoms with Gasteiger partial charge in [0.05, 0.1) is 19.1 Å². The Morgan fingerprint density at radius 1 is 0.969 bits per heavy atom. The molecule has 4 fully saturated rings. The van der Waals surface area contributed by atoms with Crippen molar-refractivity contribution in [3.05, 3.63) is 23.8 Å². The molecule has 8 heteroatoms. The summed E-state index contributed by atoms with van der Waals surface area (Å²) in [6, 6.07) is 5.91. The molecule has 1 aromatic rings. The van der Waals surface area contributed by atoms with Crippen LogP contribution in [0.4, 0.5) is 11.4 Å². The normalized spacial score (nSPS) is 26.8. The lowest BCUT2D eigenvalue weighted by Gasteiger charge is -2.38. The van der Waals surface area contributed by atoms with E-state index in [1.54, 1.807) is 4.90 Å². The molecule has 170 valence electrons. The van der Waals surface area contributed by atoms with Gasteiger partial charge in [-0.3, -0.25) is 14.4 Å². The van der Waals surface area contributed by atoms with Crippen molar-refractivity contribution >= 4 is 29.1 Å². The van der Waals surface area contributed by atoms with Crippen molar-refractivity contribution in [1.29, 1.82) is 0 Å². The van der Waals surface area contributed by atoms with Gasteiger partial charge in [-0.2, -0.15) is 0 Å². The highest BCUT2D eigenvalue weighted by Crippen LogP contribution is 2.39. The van der Waals surface area contributed by atoms with Gasteiger partial charge in [-0.05, 0) is 43.0 Å². The Balaban J connectivity index is 1.12. The molecule has 4 heterocycles. The fourth-order valence-electron chi connectivity index (χ4n) is 5.57. The Morgan fingerprint density at radius 2 is 1.72 bits per heavy atom. The maximum absolute atomic E-state index is 13.1. The SMILES string of the molecule is O=C([C@H]1CC(=O)N(c2ccc3c(c2)CCN3C(=O)C2CC2)C1)N1CCC2(CC1)OCCO2. The van der Waals surface area contributed by atoms with Crippen LogP contribution in [0.5, 0.6) is 0 Å². The monoisotopic (exact) mass is 439 g/mol. The minimum absolute atomic E-state index is 0.0110. The van der Waals surface area contributed by atoms with E-state index in [-0.39, 0.29) is 36.0 Å². The molecule has 3 amide bonds. The minimum Gasteiger partial charge on any atom is -0.347 e. The number of carbonyl (C=O) groups excluding carboxylic acids is 3. The molecular formula is C24H29N3O5. The zero-order valence-electron chi connectivity index (χ0n) is 18.3. The van der Waals surface area contributed by atoms with Crippen LogP contribution in [0.2, 0.25) is 0 Å². The van der Waals surface area contributed by atoms with Gasteiger partial charge in [0.1, 0.15) is 0 Å². The molecule has 1 spiro atoms. The topological polar surface area (TPSA) is 79.4 Å². The van der Waals surface area contributed by atoms with Gasteiger partial charge in [0.2, 0.25) is 17.7 Å². The molecule has 0 N–H and O–H groups in total. The van der Waals surface area contributed by atoms with Crippen LogP contribution < -0.4 is 9.80 Å². The Labute approximate surface area is 187 Å². The average molecular weight is 440 g/mol. The predicted molar refractivity (Wildman–Crippen MR) is 116 cm³/mol. The quantitative estimate of drug-likeness (QED) is 0.716. The predicted octanol–water partition coefficient (Wildman–Crippen LogP) is 1.70. The first kappa shape index (κ1) is 20.2. The smallest absolute Gasteiger partial charge is 0.230 e. The van der Waals surface area contributed by atoms with Crippen LogP contribution in [0, 0.1) is 11.8 Å². The second kappa shape index (κ2) is 7.56. The van der Waals surface area contributed by atoms with Gasteiger partial charge in [-0.15, -0.1) is 0 Å². The van der Waals surface area contributed by atoms with Crippen molar-refractivity contribution in [2.24, 2.45) is 11.8 Å². The van der Waals surface area contributed by atoms with E-state index in [0.717, 1.165) is 36.2 Å². The van der Waals surface area contributed by atoms with Crippen molar-refractivity contribution in [2.45, 2.75) is 44.3 Å². The number of hydrogen-bond donors (Lipinski definition) is 0. The van der Waals surface area contributed by atoms with E-state index in [9.17, 15) is 14.4 Å². The summed E-state index contributed by atoms with van der Waals surface area (Å²) in [7, 11) is 0. The summed E-state index contributed by atoms with van der Waals surface area (Å²) >= 11 is 0. The van der Waals surface area contributed by atoms with Gasteiger partial charge in [-0.1, -0.05) is 0 Å². The summed E-state index contributed by atoms with van der Waals surface area (Å²) in [5.74, 6) is -0.351. The Kier molecular flexibility index (Phi) is 4.76. The number of hydrogen-bond acceptors (Lipinski definition) is 5. The third-order valence-electron chi connectivity index (χ3n) is 7.59. The summed E-state index contributed by atoms with van der Waals surface area (Å²) < 4.78 is 11.5. The van der Waals surface area contributed by atoms with Crippen LogP contribution >= 0.6 is 0 Å². The molecular weight excluding hydrogens is 410 g/mol. The summed E-state index contributed by atoms with van der Waals surface area (Å²) in [6.07, 6.45) is 4.42.